The summed E-state index contributed by atoms with van der Waals surface area (Å²) >= 11 is 2.13. The first-order chi connectivity index (χ1) is 7.42. The molecule has 0 aromatic carbocycles. The summed E-state index contributed by atoms with van der Waals surface area (Å²) in [6, 6.07) is 1.68. The van der Waals surface area contributed by atoms with E-state index in [0.29, 0.717) is 0 Å². The fraction of sp³-hybridized carbons (Fsp3) is 1.00. The minimum absolute atomic E-state index is 0.836. The number of nitrogens with zero attached hydrogens (tertiary/aromatic N) is 1. The summed E-state index contributed by atoms with van der Waals surface area (Å²) in [5, 5.41) is 3.95. The van der Waals surface area contributed by atoms with Crippen LogP contribution in [-0.2, 0) is 0 Å². The molecule has 0 aromatic rings. The Hall–Kier alpha value is 0.270. The quantitative estimate of drug-likeness (QED) is 0.769. The summed E-state index contributed by atoms with van der Waals surface area (Å²) < 4.78 is 0. The molecule has 2 nitrogen and oxygen atoms in total. The summed E-state index contributed by atoms with van der Waals surface area (Å²) in [5.74, 6) is 3.72. The van der Waals surface area contributed by atoms with Crippen LogP contribution in [0.15, 0.2) is 0 Å². The molecule has 3 unspecified atom stereocenters. The topological polar surface area (TPSA) is 15.3 Å². The molecule has 3 atom stereocenters. The molecule has 1 N–H and O–H groups in total. The van der Waals surface area contributed by atoms with Crippen molar-refractivity contribution in [3.8, 4) is 0 Å². The normalized spacial score (nSPS) is 42.0. The Balaban J connectivity index is 1.53. The molecule has 3 fully saturated rings. The van der Waals surface area contributed by atoms with Gasteiger partial charge >= 0.3 is 0 Å². The molecule has 0 radical (unpaired) electrons. The van der Waals surface area contributed by atoms with Crippen molar-refractivity contribution >= 4 is 11.8 Å². The first kappa shape index (κ1) is 10.4. The van der Waals surface area contributed by atoms with E-state index < -0.39 is 0 Å². The van der Waals surface area contributed by atoms with Gasteiger partial charge in [-0.15, -0.1) is 0 Å². The molecule has 86 valence electrons. The molecule has 0 aromatic heterocycles. The maximum Gasteiger partial charge on any atom is 0.0123 e. The minimum Gasteiger partial charge on any atom is -0.311 e. The third-order valence-corrected chi connectivity index (χ3v) is 5.35. The average Bonchev–Trinajstić information content (AvgIpc) is 2.67. The van der Waals surface area contributed by atoms with Gasteiger partial charge in [-0.25, -0.2) is 0 Å². The van der Waals surface area contributed by atoms with E-state index in [1.165, 1.54) is 56.8 Å². The lowest BCUT2D eigenvalue weighted by atomic mass is 9.93. The molecular weight excluding hydrogens is 204 g/mol. The highest BCUT2D eigenvalue weighted by atomic mass is 32.2. The summed E-state index contributed by atoms with van der Waals surface area (Å²) in [6.07, 6.45) is 5.64. The molecule has 3 heteroatoms. The van der Waals surface area contributed by atoms with Crippen LogP contribution in [0.5, 0.6) is 0 Å². The van der Waals surface area contributed by atoms with Crippen molar-refractivity contribution in [2.45, 2.75) is 37.8 Å². The minimum atomic E-state index is 0.836. The number of piperidine rings is 1. The van der Waals surface area contributed by atoms with E-state index in [1.54, 1.807) is 0 Å². The second-order valence-electron chi connectivity index (χ2n) is 5.30. The molecule has 3 saturated heterocycles. The summed E-state index contributed by atoms with van der Waals surface area (Å²) in [4.78, 5) is 2.64. The maximum atomic E-state index is 3.95. The Morgan fingerprint density at radius 1 is 1.00 bits per heavy atom. The van der Waals surface area contributed by atoms with Crippen LogP contribution < -0.4 is 5.32 Å². The number of thioether (sulfide) groups is 1. The third-order valence-electron chi connectivity index (χ3n) is 4.31. The fourth-order valence-electron chi connectivity index (χ4n) is 3.34. The number of hydrogen-bond acceptors (Lipinski definition) is 3. The maximum absolute atomic E-state index is 3.95. The standard InChI is InChI=1S/C12H22N2S/c1-5-14-6-2-12(10(1)9-14)13-11-3-7-15-8-4-11/h10-13H,1-9H2. The molecule has 0 spiro atoms. The zero-order valence-corrected chi connectivity index (χ0v) is 10.3. The number of nitrogens with one attached hydrogen (secondary N) is 1. The van der Waals surface area contributed by atoms with E-state index in [1.807, 2.05) is 0 Å². The van der Waals surface area contributed by atoms with Crippen LogP contribution in [0.1, 0.15) is 25.7 Å². The molecule has 0 aliphatic carbocycles. The van der Waals surface area contributed by atoms with Gasteiger partial charge in [-0.1, -0.05) is 0 Å². The van der Waals surface area contributed by atoms with Crippen LogP contribution in [0.4, 0.5) is 0 Å². The Bertz CT molecular complexity index is 216. The van der Waals surface area contributed by atoms with E-state index in [-0.39, 0.29) is 0 Å². The van der Waals surface area contributed by atoms with Crippen molar-refractivity contribution in [2.75, 3.05) is 31.1 Å². The van der Waals surface area contributed by atoms with Gasteiger partial charge in [-0.3, -0.25) is 0 Å². The first-order valence-electron chi connectivity index (χ1n) is 6.48. The van der Waals surface area contributed by atoms with Gasteiger partial charge in [-0.05, 0) is 56.2 Å². The Morgan fingerprint density at radius 3 is 2.67 bits per heavy atom. The van der Waals surface area contributed by atoms with Gasteiger partial charge < -0.3 is 10.2 Å². The highest BCUT2D eigenvalue weighted by Crippen LogP contribution is 2.28. The van der Waals surface area contributed by atoms with Crippen LogP contribution in [0.25, 0.3) is 0 Å². The molecule has 3 aliphatic heterocycles. The fourth-order valence-corrected chi connectivity index (χ4v) is 4.44. The van der Waals surface area contributed by atoms with E-state index >= 15 is 0 Å². The van der Waals surface area contributed by atoms with Crippen molar-refractivity contribution < 1.29 is 0 Å². The van der Waals surface area contributed by atoms with Crippen LogP contribution in [-0.4, -0.2) is 48.1 Å². The smallest absolute Gasteiger partial charge is 0.0123 e. The van der Waals surface area contributed by atoms with Crippen molar-refractivity contribution in [1.82, 2.24) is 10.2 Å². The van der Waals surface area contributed by atoms with E-state index in [9.17, 15) is 0 Å². The number of rotatable bonds is 2. The first-order valence-corrected chi connectivity index (χ1v) is 7.63. The lowest BCUT2D eigenvalue weighted by Crippen LogP contribution is -2.48. The number of fused-ring (bicyclic) bond motifs is 2. The Morgan fingerprint density at radius 2 is 1.80 bits per heavy atom. The van der Waals surface area contributed by atoms with Crippen LogP contribution in [0.3, 0.4) is 0 Å². The molecule has 0 amide bonds. The SMILES string of the molecule is C1CC(NC2CCN3CCC2C3)CCS1. The highest BCUT2D eigenvalue weighted by Gasteiger charge is 2.35. The molecule has 3 aliphatic rings. The molecule has 15 heavy (non-hydrogen) atoms. The Labute approximate surface area is 97.2 Å². The zero-order valence-electron chi connectivity index (χ0n) is 9.45. The molecule has 3 heterocycles. The molecule has 3 rings (SSSR count). The monoisotopic (exact) mass is 226 g/mol. The summed E-state index contributed by atoms with van der Waals surface area (Å²) in [6.45, 7) is 4.08. The Kier molecular flexibility index (Phi) is 3.23. The summed E-state index contributed by atoms with van der Waals surface area (Å²) in [7, 11) is 0. The molecule has 2 bridgehead atoms. The van der Waals surface area contributed by atoms with E-state index in [0.717, 1.165) is 18.0 Å². The van der Waals surface area contributed by atoms with Gasteiger partial charge in [0.25, 0.3) is 0 Å². The van der Waals surface area contributed by atoms with Gasteiger partial charge in [0.1, 0.15) is 0 Å². The van der Waals surface area contributed by atoms with Crippen molar-refractivity contribution in [3.63, 3.8) is 0 Å². The van der Waals surface area contributed by atoms with Crippen LogP contribution in [0, 0.1) is 5.92 Å². The van der Waals surface area contributed by atoms with Crippen molar-refractivity contribution in [1.29, 1.82) is 0 Å². The largest absolute Gasteiger partial charge is 0.311 e. The van der Waals surface area contributed by atoms with E-state index in [2.05, 4.69) is 22.0 Å². The lowest BCUT2D eigenvalue weighted by Gasteiger charge is -2.35. The lowest BCUT2D eigenvalue weighted by molar-refractivity contribution is 0.207. The average molecular weight is 226 g/mol. The van der Waals surface area contributed by atoms with Crippen molar-refractivity contribution in [3.05, 3.63) is 0 Å². The second-order valence-corrected chi connectivity index (χ2v) is 6.52. The zero-order chi connectivity index (χ0) is 10.1. The number of hydrogen-bond donors (Lipinski definition) is 1. The van der Waals surface area contributed by atoms with E-state index in [4.69, 9.17) is 0 Å². The van der Waals surface area contributed by atoms with Crippen LogP contribution in [0.2, 0.25) is 0 Å². The highest BCUT2D eigenvalue weighted by molar-refractivity contribution is 7.99. The second kappa shape index (κ2) is 4.64. The van der Waals surface area contributed by atoms with Gasteiger partial charge in [0, 0.05) is 18.6 Å². The van der Waals surface area contributed by atoms with Gasteiger partial charge in [0.05, 0.1) is 0 Å². The van der Waals surface area contributed by atoms with Crippen LogP contribution >= 0.6 is 11.8 Å². The third kappa shape index (κ3) is 2.34. The van der Waals surface area contributed by atoms with Gasteiger partial charge in [-0.2, -0.15) is 11.8 Å². The summed E-state index contributed by atoms with van der Waals surface area (Å²) in [5.41, 5.74) is 0. The van der Waals surface area contributed by atoms with Gasteiger partial charge in [0.15, 0.2) is 0 Å². The molecular formula is C12H22N2S. The predicted octanol–water partition coefficient (Wildman–Crippen LogP) is 1.57. The van der Waals surface area contributed by atoms with Crippen molar-refractivity contribution in [2.24, 2.45) is 5.92 Å². The predicted molar refractivity (Wildman–Crippen MR) is 66.4 cm³/mol. The molecule has 0 saturated carbocycles. The van der Waals surface area contributed by atoms with Gasteiger partial charge in [0.2, 0.25) is 0 Å².